The van der Waals surface area contributed by atoms with Gasteiger partial charge in [-0.25, -0.2) is 9.59 Å². The Morgan fingerprint density at radius 2 is 2.13 bits per heavy atom. The van der Waals surface area contributed by atoms with E-state index in [1.807, 2.05) is 13.8 Å². The summed E-state index contributed by atoms with van der Waals surface area (Å²) in [6.07, 6.45) is 0.173. The largest absolute Gasteiger partial charge is 0.419 e. The molecule has 0 aliphatic heterocycles. The Hall–Kier alpha value is -2.28. The number of rotatable bonds is 5. The molecule has 1 heterocycles. The Morgan fingerprint density at radius 3 is 2.78 bits per heavy atom. The van der Waals surface area contributed by atoms with Crippen molar-refractivity contribution < 1.29 is 14.3 Å². The Labute approximate surface area is 134 Å². The molecule has 0 saturated heterocycles. The number of nitrogens with one attached hydrogen (secondary N) is 2. The van der Waals surface area contributed by atoms with Crippen LogP contribution in [0.2, 0.25) is 0 Å². The molecule has 7 nitrogen and oxygen atoms in total. The summed E-state index contributed by atoms with van der Waals surface area (Å²) in [4.78, 5) is 23.4. The van der Waals surface area contributed by atoms with E-state index in [1.54, 1.807) is 32.2 Å². The molecule has 0 spiro atoms. The van der Waals surface area contributed by atoms with E-state index in [0.717, 1.165) is 0 Å². The number of anilines is 1. The van der Waals surface area contributed by atoms with Gasteiger partial charge in [-0.05, 0) is 30.9 Å². The fourth-order valence-electron chi connectivity index (χ4n) is 2.58. The number of aromatic nitrogens is 1. The second-order valence-electron chi connectivity index (χ2n) is 6.63. The van der Waals surface area contributed by atoms with Crippen molar-refractivity contribution in [3.8, 4) is 0 Å². The summed E-state index contributed by atoms with van der Waals surface area (Å²) in [5.41, 5.74) is 1.42. The average molecular weight is 321 g/mol. The van der Waals surface area contributed by atoms with E-state index in [9.17, 15) is 14.7 Å². The van der Waals surface area contributed by atoms with Crippen molar-refractivity contribution in [2.24, 2.45) is 12.5 Å². The summed E-state index contributed by atoms with van der Waals surface area (Å²) in [6.45, 7) is 6.12. The molecule has 0 aliphatic rings. The molecule has 126 valence electrons. The van der Waals surface area contributed by atoms with Gasteiger partial charge in [0.15, 0.2) is 5.58 Å². The lowest BCUT2D eigenvalue weighted by Gasteiger charge is -2.26. The number of amides is 2. The number of oxazole rings is 1. The van der Waals surface area contributed by atoms with Crippen molar-refractivity contribution >= 4 is 22.8 Å². The van der Waals surface area contributed by atoms with Gasteiger partial charge >= 0.3 is 11.8 Å². The molecule has 0 aliphatic carbocycles. The lowest BCUT2D eigenvalue weighted by Crippen LogP contribution is -2.38. The average Bonchev–Trinajstić information content (AvgIpc) is 2.70. The van der Waals surface area contributed by atoms with Gasteiger partial charge in [0, 0.05) is 25.3 Å². The molecular weight excluding hydrogens is 298 g/mol. The van der Waals surface area contributed by atoms with E-state index in [2.05, 4.69) is 10.6 Å². The predicted molar refractivity (Wildman–Crippen MR) is 88.6 cm³/mol. The van der Waals surface area contributed by atoms with Gasteiger partial charge in [0.1, 0.15) is 0 Å². The number of benzene rings is 1. The molecule has 3 N–H and O–H groups in total. The van der Waals surface area contributed by atoms with Crippen LogP contribution in [0.5, 0.6) is 0 Å². The van der Waals surface area contributed by atoms with Gasteiger partial charge in [0.2, 0.25) is 0 Å². The number of aliphatic hydroxyl groups excluding tert-OH is 1. The van der Waals surface area contributed by atoms with E-state index >= 15 is 0 Å². The highest BCUT2D eigenvalue weighted by Crippen LogP contribution is 2.21. The highest BCUT2D eigenvalue weighted by molar-refractivity contribution is 5.91. The van der Waals surface area contributed by atoms with Crippen LogP contribution in [-0.2, 0) is 7.05 Å². The SMILES string of the molecule is CC(O)CC(C)(C)CNC(=O)Nc1ccc2c(c1)oc(=O)n2C. The topological polar surface area (TPSA) is 96.5 Å². The zero-order chi connectivity index (χ0) is 17.2. The fraction of sp³-hybridized carbons (Fsp3) is 0.500. The summed E-state index contributed by atoms with van der Waals surface area (Å²) < 4.78 is 6.49. The number of aliphatic hydroxyl groups is 1. The summed E-state index contributed by atoms with van der Waals surface area (Å²) in [6, 6.07) is 4.68. The van der Waals surface area contributed by atoms with Gasteiger partial charge in [-0.3, -0.25) is 4.57 Å². The van der Waals surface area contributed by atoms with Crippen molar-refractivity contribution in [2.45, 2.75) is 33.3 Å². The van der Waals surface area contributed by atoms with Crippen molar-refractivity contribution in [3.63, 3.8) is 0 Å². The first kappa shape index (κ1) is 17.1. The third-order valence-electron chi connectivity index (χ3n) is 3.63. The summed E-state index contributed by atoms with van der Waals surface area (Å²) in [7, 11) is 1.62. The fourth-order valence-corrected chi connectivity index (χ4v) is 2.58. The second-order valence-corrected chi connectivity index (χ2v) is 6.63. The van der Waals surface area contributed by atoms with Gasteiger partial charge in [0.25, 0.3) is 0 Å². The van der Waals surface area contributed by atoms with Crippen molar-refractivity contribution in [2.75, 3.05) is 11.9 Å². The monoisotopic (exact) mass is 321 g/mol. The summed E-state index contributed by atoms with van der Waals surface area (Å²) in [5.74, 6) is -0.443. The molecule has 23 heavy (non-hydrogen) atoms. The third kappa shape index (κ3) is 4.35. The molecule has 1 unspecified atom stereocenters. The minimum Gasteiger partial charge on any atom is -0.408 e. The number of urea groups is 1. The van der Waals surface area contributed by atoms with Crippen LogP contribution in [0.3, 0.4) is 0 Å². The Morgan fingerprint density at radius 1 is 1.43 bits per heavy atom. The quantitative estimate of drug-likeness (QED) is 0.785. The van der Waals surface area contributed by atoms with E-state index < -0.39 is 11.9 Å². The minimum absolute atomic E-state index is 0.207. The molecule has 2 amide bonds. The standard InChI is InChI=1S/C16H23N3O4/c1-10(20)8-16(2,3)9-17-14(21)18-11-5-6-12-13(7-11)23-15(22)19(12)4/h5-7,10,20H,8-9H2,1-4H3,(H2,17,18,21). The maximum absolute atomic E-state index is 12.0. The zero-order valence-electron chi connectivity index (χ0n) is 13.8. The number of hydrogen-bond donors (Lipinski definition) is 3. The van der Waals surface area contributed by atoms with Gasteiger partial charge in [-0.1, -0.05) is 13.8 Å². The molecule has 1 atom stereocenters. The second kappa shape index (κ2) is 6.45. The summed E-state index contributed by atoms with van der Waals surface area (Å²) >= 11 is 0. The van der Waals surface area contributed by atoms with Crippen LogP contribution in [0.25, 0.3) is 11.1 Å². The lowest BCUT2D eigenvalue weighted by atomic mass is 9.87. The number of carbonyl (C=O) groups excluding carboxylic acids is 1. The van der Waals surface area contributed by atoms with Crippen LogP contribution in [0, 0.1) is 5.41 Å². The molecule has 0 saturated carbocycles. The van der Waals surface area contributed by atoms with Crippen LogP contribution < -0.4 is 16.4 Å². The minimum atomic E-state index is -0.443. The molecule has 0 fully saturated rings. The van der Waals surface area contributed by atoms with Crippen LogP contribution in [0.1, 0.15) is 27.2 Å². The van der Waals surface area contributed by atoms with Crippen molar-refractivity contribution in [1.29, 1.82) is 0 Å². The Kier molecular flexibility index (Phi) is 4.79. The summed E-state index contributed by atoms with van der Waals surface area (Å²) in [5, 5.41) is 14.9. The van der Waals surface area contributed by atoms with E-state index in [4.69, 9.17) is 4.42 Å². The van der Waals surface area contributed by atoms with Crippen LogP contribution in [-0.4, -0.2) is 28.4 Å². The predicted octanol–water partition coefficient (Wildman–Crippen LogP) is 2.05. The molecule has 2 aromatic rings. The first-order chi connectivity index (χ1) is 10.7. The highest BCUT2D eigenvalue weighted by Gasteiger charge is 2.21. The number of fused-ring (bicyclic) bond motifs is 1. The van der Waals surface area contributed by atoms with Gasteiger partial charge in [0.05, 0.1) is 11.6 Å². The van der Waals surface area contributed by atoms with Crippen LogP contribution in [0.4, 0.5) is 10.5 Å². The normalized spacial score (nSPS) is 13.1. The Bertz CT molecular complexity index is 758. The number of aryl methyl sites for hydroxylation is 1. The molecule has 2 rings (SSSR count). The smallest absolute Gasteiger partial charge is 0.408 e. The molecule has 1 aromatic heterocycles. The van der Waals surface area contributed by atoms with Gasteiger partial charge < -0.3 is 20.2 Å². The van der Waals surface area contributed by atoms with Gasteiger partial charge in [-0.2, -0.15) is 0 Å². The number of hydrogen-bond acceptors (Lipinski definition) is 4. The van der Waals surface area contributed by atoms with E-state index in [1.165, 1.54) is 4.57 Å². The maximum atomic E-state index is 12.0. The first-order valence-corrected chi connectivity index (χ1v) is 7.50. The molecule has 1 aromatic carbocycles. The van der Waals surface area contributed by atoms with E-state index in [0.29, 0.717) is 29.8 Å². The number of carbonyl (C=O) groups is 1. The van der Waals surface area contributed by atoms with E-state index in [-0.39, 0.29) is 11.4 Å². The van der Waals surface area contributed by atoms with Crippen LogP contribution >= 0.6 is 0 Å². The zero-order valence-corrected chi connectivity index (χ0v) is 13.8. The molecular formula is C16H23N3O4. The van der Waals surface area contributed by atoms with Gasteiger partial charge in [-0.15, -0.1) is 0 Å². The first-order valence-electron chi connectivity index (χ1n) is 7.50. The maximum Gasteiger partial charge on any atom is 0.419 e. The Balaban J connectivity index is 1.99. The number of nitrogens with zero attached hydrogens (tertiary/aromatic N) is 1. The highest BCUT2D eigenvalue weighted by atomic mass is 16.4. The third-order valence-corrected chi connectivity index (χ3v) is 3.63. The lowest BCUT2D eigenvalue weighted by molar-refractivity contribution is 0.129. The molecule has 0 radical (unpaired) electrons. The molecule has 7 heteroatoms. The van der Waals surface area contributed by atoms with Crippen molar-refractivity contribution in [3.05, 3.63) is 28.7 Å². The molecule has 0 bridgehead atoms. The van der Waals surface area contributed by atoms with Crippen LogP contribution in [0.15, 0.2) is 27.4 Å². The van der Waals surface area contributed by atoms with Crippen molar-refractivity contribution in [1.82, 2.24) is 9.88 Å².